The zero-order valence-electron chi connectivity index (χ0n) is 16.4. The maximum Gasteiger partial charge on any atom is 0.416 e. The minimum atomic E-state index is -4.56. The Kier molecular flexibility index (Phi) is 5.62. The summed E-state index contributed by atoms with van der Waals surface area (Å²) in [6.07, 6.45) is -2.73. The van der Waals surface area contributed by atoms with Crippen molar-refractivity contribution in [1.29, 1.82) is 0 Å². The van der Waals surface area contributed by atoms with Crippen molar-refractivity contribution >= 4 is 6.09 Å². The van der Waals surface area contributed by atoms with Gasteiger partial charge in [0.25, 0.3) is 0 Å². The van der Waals surface area contributed by atoms with E-state index in [4.69, 9.17) is 4.74 Å². The predicted molar refractivity (Wildman–Crippen MR) is 96.1 cm³/mol. The molecule has 0 radical (unpaired) electrons. The average Bonchev–Trinajstić information content (AvgIpc) is 3.28. The van der Waals surface area contributed by atoms with Crippen molar-refractivity contribution in [3.63, 3.8) is 0 Å². The van der Waals surface area contributed by atoms with Gasteiger partial charge in [-0.3, -0.25) is 4.90 Å². The molecule has 8 heteroatoms. The standard InChI is InChI=1S/C20H26F4N2O2/c1-19(2,3)28-18(27)26-11-16(12-26)25(9-13-4-5-13)10-14-6-7-15(8-17(14)21)20(22,23)24/h6-8,13,16H,4-5,9-12H2,1-3H3. The number of benzene rings is 1. The van der Waals surface area contributed by atoms with Gasteiger partial charge in [-0.05, 0) is 51.7 Å². The second-order valence-corrected chi connectivity index (χ2v) is 8.72. The van der Waals surface area contributed by atoms with Gasteiger partial charge in [0.05, 0.1) is 5.56 Å². The summed E-state index contributed by atoms with van der Waals surface area (Å²) in [5.74, 6) is -0.313. The predicted octanol–water partition coefficient (Wildman–Crippen LogP) is 4.68. The summed E-state index contributed by atoms with van der Waals surface area (Å²) in [5, 5.41) is 0. The van der Waals surface area contributed by atoms with E-state index in [0.717, 1.165) is 25.5 Å². The van der Waals surface area contributed by atoms with Crippen LogP contribution in [0.2, 0.25) is 0 Å². The zero-order valence-corrected chi connectivity index (χ0v) is 16.4. The summed E-state index contributed by atoms with van der Waals surface area (Å²) in [6, 6.07) is 2.73. The monoisotopic (exact) mass is 402 g/mol. The van der Waals surface area contributed by atoms with Crippen LogP contribution in [0.1, 0.15) is 44.7 Å². The Morgan fingerprint density at radius 1 is 1.21 bits per heavy atom. The molecule has 1 heterocycles. The van der Waals surface area contributed by atoms with Gasteiger partial charge in [-0.15, -0.1) is 0 Å². The van der Waals surface area contributed by atoms with Gasteiger partial charge in [0.1, 0.15) is 11.4 Å². The summed E-state index contributed by atoms with van der Waals surface area (Å²) in [4.78, 5) is 15.8. The van der Waals surface area contributed by atoms with Crippen LogP contribution in [0.4, 0.5) is 22.4 Å². The largest absolute Gasteiger partial charge is 0.444 e. The van der Waals surface area contributed by atoms with Crippen molar-refractivity contribution < 1.29 is 27.1 Å². The molecule has 1 aliphatic heterocycles. The summed E-state index contributed by atoms with van der Waals surface area (Å²) < 4.78 is 57.8. The van der Waals surface area contributed by atoms with Crippen LogP contribution in [0.3, 0.4) is 0 Å². The van der Waals surface area contributed by atoms with Gasteiger partial charge in [-0.25, -0.2) is 9.18 Å². The number of rotatable bonds is 5. The molecular formula is C20H26F4N2O2. The number of likely N-dealkylation sites (tertiary alicyclic amines) is 1. The van der Waals surface area contributed by atoms with Gasteiger partial charge in [0.2, 0.25) is 0 Å². The van der Waals surface area contributed by atoms with Crippen molar-refractivity contribution in [1.82, 2.24) is 9.80 Å². The van der Waals surface area contributed by atoms with E-state index in [9.17, 15) is 22.4 Å². The molecule has 1 aromatic rings. The number of hydrogen-bond acceptors (Lipinski definition) is 3. The number of hydrogen-bond donors (Lipinski definition) is 0. The third kappa shape index (κ3) is 5.37. The number of amides is 1. The van der Waals surface area contributed by atoms with Gasteiger partial charge >= 0.3 is 12.3 Å². The number of carbonyl (C=O) groups is 1. The fraction of sp³-hybridized carbons (Fsp3) is 0.650. The van der Waals surface area contributed by atoms with Crippen molar-refractivity contribution in [2.24, 2.45) is 5.92 Å². The van der Waals surface area contributed by atoms with Gasteiger partial charge in [-0.1, -0.05) is 6.07 Å². The highest BCUT2D eigenvalue weighted by atomic mass is 19.4. The number of halogens is 4. The molecule has 28 heavy (non-hydrogen) atoms. The Balaban J connectivity index is 1.63. The van der Waals surface area contributed by atoms with E-state index in [0.29, 0.717) is 25.1 Å². The van der Waals surface area contributed by atoms with Crippen LogP contribution in [0.5, 0.6) is 0 Å². The molecule has 0 N–H and O–H groups in total. The molecule has 156 valence electrons. The Labute approximate surface area is 162 Å². The Bertz CT molecular complexity index is 720. The topological polar surface area (TPSA) is 32.8 Å². The first-order valence-electron chi connectivity index (χ1n) is 9.50. The molecule has 2 aliphatic rings. The molecule has 0 atom stereocenters. The smallest absolute Gasteiger partial charge is 0.416 e. The Morgan fingerprint density at radius 2 is 1.86 bits per heavy atom. The fourth-order valence-electron chi connectivity index (χ4n) is 3.21. The summed E-state index contributed by atoms with van der Waals surface area (Å²) in [6.45, 7) is 7.34. The molecule has 3 rings (SSSR count). The van der Waals surface area contributed by atoms with Gasteiger partial charge in [-0.2, -0.15) is 13.2 Å². The minimum absolute atomic E-state index is 0.0508. The van der Waals surface area contributed by atoms with E-state index in [1.54, 1.807) is 25.7 Å². The number of carbonyl (C=O) groups excluding carboxylic acids is 1. The third-order valence-corrected chi connectivity index (χ3v) is 4.97. The van der Waals surface area contributed by atoms with Gasteiger partial charge < -0.3 is 9.64 Å². The second-order valence-electron chi connectivity index (χ2n) is 8.72. The minimum Gasteiger partial charge on any atom is -0.444 e. The molecule has 4 nitrogen and oxygen atoms in total. The lowest BCUT2D eigenvalue weighted by atomic mass is 10.0. The molecule has 1 saturated carbocycles. The first kappa shape index (κ1) is 20.9. The van der Waals surface area contributed by atoms with Crippen LogP contribution in [0.15, 0.2) is 18.2 Å². The highest BCUT2D eigenvalue weighted by Crippen LogP contribution is 2.34. The number of ether oxygens (including phenoxy) is 1. The molecule has 1 aliphatic carbocycles. The van der Waals surface area contributed by atoms with Crippen LogP contribution >= 0.6 is 0 Å². The Hall–Kier alpha value is -1.83. The van der Waals surface area contributed by atoms with Crippen LogP contribution in [-0.4, -0.2) is 47.2 Å². The van der Waals surface area contributed by atoms with Crippen molar-refractivity contribution in [2.75, 3.05) is 19.6 Å². The quantitative estimate of drug-likeness (QED) is 0.671. The van der Waals surface area contributed by atoms with Crippen LogP contribution in [0.25, 0.3) is 0 Å². The van der Waals surface area contributed by atoms with Crippen molar-refractivity contribution in [3.8, 4) is 0 Å². The maximum atomic E-state index is 14.3. The second kappa shape index (κ2) is 7.54. The highest BCUT2D eigenvalue weighted by Gasteiger charge is 2.39. The van der Waals surface area contributed by atoms with Crippen LogP contribution in [0, 0.1) is 11.7 Å². The van der Waals surface area contributed by atoms with E-state index in [1.807, 2.05) is 0 Å². The first-order chi connectivity index (χ1) is 12.9. The highest BCUT2D eigenvalue weighted by molar-refractivity contribution is 5.69. The van der Waals surface area contributed by atoms with Crippen LogP contribution in [-0.2, 0) is 17.5 Å². The fourth-order valence-corrected chi connectivity index (χ4v) is 3.21. The SMILES string of the molecule is CC(C)(C)OC(=O)N1CC(N(Cc2ccc(C(F)(F)F)cc2F)CC2CC2)C1. The van der Waals surface area contributed by atoms with E-state index in [-0.39, 0.29) is 24.2 Å². The summed E-state index contributed by atoms with van der Waals surface area (Å²) >= 11 is 0. The zero-order chi connectivity index (χ0) is 20.7. The molecule has 0 aromatic heterocycles. The first-order valence-corrected chi connectivity index (χ1v) is 9.50. The molecule has 0 spiro atoms. The summed E-state index contributed by atoms with van der Waals surface area (Å²) in [5.41, 5.74) is -1.31. The van der Waals surface area contributed by atoms with E-state index >= 15 is 0 Å². The lowest BCUT2D eigenvalue weighted by molar-refractivity contribution is -0.137. The molecule has 0 bridgehead atoms. The molecular weight excluding hydrogens is 376 g/mol. The van der Waals surface area contributed by atoms with E-state index < -0.39 is 23.2 Å². The summed E-state index contributed by atoms with van der Waals surface area (Å²) in [7, 11) is 0. The van der Waals surface area contributed by atoms with E-state index in [2.05, 4.69) is 4.90 Å². The maximum absolute atomic E-state index is 14.3. The number of alkyl halides is 3. The lowest BCUT2D eigenvalue weighted by Gasteiger charge is -2.45. The molecule has 1 amide bonds. The van der Waals surface area contributed by atoms with E-state index in [1.165, 1.54) is 6.07 Å². The normalized spacial score (nSPS) is 18.4. The molecule has 1 aromatic carbocycles. The van der Waals surface area contributed by atoms with Crippen molar-refractivity contribution in [2.45, 2.75) is 58.0 Å². The lowest BCUT2D eigenvalue weighted by Crippen LogP contribution is -2.61. The Morgan fingerprint density at radius 3 is 2.36 bits per heavy atom. The van der Waals surface area contributed by atoms with Gasteiger partial charge in [0, 0.05) is 37.8 Å². The van der Waals surface area contributed by atoms with Gasteiger partial charge in [0.15, 0.2) is 0 Å². The molecule has 0 unspecified atom stereocenters. The molecule has 1 saturated heterocycles. The number of nitrogens with zero attached hydrogens (tertiary/aromatic N) is 2. The average molecular weight is 402 g/mol. The third-order valence-electron chi connectivity index (χ3n) is 4.97. The van der Waals surface area contributed by atoms with Crippen molar-refractivity contribution in [3.05, 3.63) is 35.1 Å². The van der Waals surface area contributed by atoms with Crippen LogP contribution < -0.4 is 0 Å². The molecule has 2 fully saturated rings.